The lowest BCUT2D eigenvalue weighted by Crippen LogP contribution is -2.40. The highest BCUT2D eigenvalue weighted by atomic mass is 14.8. The van der Waals surface area contributed by atoms with Crippen molar-refractivity contribution in [3.8, 4) is 0 Å². The van der Waals surface area contributed by atoms with Crippen molar-refractivity contribution in [3.05, 3.63) is 89.5 Å². The van der Waals surface area contributed by atoms with Gasteiger partial charge in [0, 0.05) is 5.56 Å². The summed E-state index contributed by atoms with van der Waals surface area (Å²) in [5, 5.41) is 0. The third kappa shape index (κ3) is 2.39. The van der Waals surface area contributed by atoms with Crippen molar-refractivity contribution in [2.45, 2.75) is 5.54 Å². The monoisotopic (exact) mass is 304 g/mol. The van der Waals surface area contributed by atoms with E-state index in [-0.39, 0.29) is 0 Å². The predicted octanol–water partition coefficient (Wildman–Crippen LogP) is 2.68. The highest BCUT2D eigenvalue weighted by molar-refractivity contribution is 5.81. The van der Waals surface area contributed by atoms with E-state index in [9.17, 15) is 0 Å². The molecule has 0 bridgehead atoms. The third-order valence-corrected chi connectivity index (χ3v) is 4.20. The Morgan fingerprint density at radius 3 is 1.52 bits per heavy atom. The van der Waals surface area contributed by atoms with Crippen LogP contribution in [0.5, 0.6) is 0 Å². The van der Waals surface area contributed by atoms with Crippen LogP contribution >= 0.6 is 0 Å². The summed E-state index contributed by atoms with van der Waals surface area (Å²) in [6, 6.07) is 23.3. The predicted molar refractivity (Wildman–Crippen MR) is 96.6 cm³/mol. The first kappa shape index (κ1) is 14.9. The summed E-state index contributed by atoms with van der Waals surface area (Å²) >= 11 is 0. The van der Waals surface area contributed by atoms with Crippen LogP contribution in [0.25, 0.3) is 0 Å². The Labute approximate surface area is 135 Å². The molecule has 0 aliphatic rings. The fraction of sp³-hybridized carbons (Fsp3) is 0.0526. The largest absolute Gasteiger partial charge is 0.397 e. The molecule has 0 aliphatic heterocycles. The Morgan fingerprint density at radius 1 is 0.565 bits per heavy atom. The lowest BCUT2D eigenvalue weighted by atomic mass is 9.77. The quantitative estimate of drug-likeness (QED) is 0.441. The molecule has 4 heteroatoms. The summed E-state index contributed by atoms with van der Waals surface area (Å²) in [7, 11) is 0. The van der Waals surface area contributed by atoms with Gasteiger partial charge in [0.15, 0.2) is 0 Å². The highest BCUT2D eigenvalue weighted by Gasteiger charge is 2.34. The van der Waals surface area contributed by atoms with Gasteiger partial charge in [0.2, 0.25) is 0 Å². The van der Waals surface area contributed by atoms with Crippen LogP contribution in [0.4, 0.5) is 17.1 Å². The molecule has 4 nitrogen and oxygen atoms in total. The summed E-state index contributed by atoms with van der Waals surface area (Å²) in [5.74, 6) is 0. The molecule has 0 radical (unpaired) electrons. The molecule has 0 fully saturated rings. The minimum atomic E-state index is -0.908. The maximum Gasteiger partial charge on any atom is 0.0943 e. The van der Waals surface area contributed by atoms with Gasteiger partial charge in [-0.3, -0.25) is 0 Å². The molecule has 0 spiro atoms. The van der Waals surface area contributed by atoms with Crippen LogP contribution in [-0.4, -0.2) is 0 Å². The molecule has 0 unspecified atom stereocenters. The average Bonchev–Trinajstić information content (AvgIpc) is 2.61. The van der Waals surface area contributed by atoms with Crippen LogP contribution in [0, 0.1) is 0 Å². The first-order chi connectivity index (χ1) is 11.0. The van der Waals surface area contributed by atoms with Gasteiger partial charge >= 0.3 is 0 Å². The SMILES string of the molecule is Nc1ccc(C(N)(c2ccccc2)c2ccccc2)c(N)c1N. The lowest BCUT2D eigenvalue weighted by molar-refractivity contribution is 0.655. The molecule has 0 aromatic heterocycles. The van der Waals surface area contributed by atoms with Crippen LogP contribution in [0.2, 0.25) is 0 Å². The van der Waals surface area contributed by atoms with Crippen molar-refractivity contribution in [2.24, 2.45) is 5.73 Å². The van der Waals surface area contributed by atoms with Gasteiger partial charge in [0.05, 0.1) is 22.6 Å². The highest BCUT2D eigenvalue weighted by Crippen LogP contribution is 2.40. The van der Waals surface area contributed by atoms with E-state index in [2.05, 4.69) is 0 Å². The summed E-state index contributed by atoms with van der Waals surface area (Å²) in [6.45, 7) is 0. The van der Waals surface area contributed by atoms with Gasteiger partial charge in [-0.1, -0.05) is 66.7 Å². The Balaban J connectivity index is 2.32. The zero-order valence-corrected chi connectivity index (χ0v) is 12.7. The lowest BCUT2D eigenvalue weighted by Gasteiger charge is -2.33. The summed E-state index contributed by atoms with van der Waals surface area (Å²) in [5.41, 5.74) is 28.0. The standard InChI is InChI=1S/C19H20N4/c20-16-12-11-15(17(21)18(16)22)19(23,13-7-3-1-4-8-13)14-9-5-2-6-10-14/h1-12H,20-23H2. The van der Waals surface area contributed by atoms with Crippen molar-refractivity contribution in [3.63, 3.8) is 0 Å². The molecular weight excluding hydrogens is 284 g/mol. The van der Waals surface area contributed by atoms with Crippen molar-refractivity contribution in [1.29, 1.82) is 0 Å². The smallest absolute Gasteiger partial charge is 0.0943 e. The molecule has 0 amide bonds. The number of hydrogen-bond acceptors (Lipinski definition) is 4. The number of benzene rings is 3. The first-order valence-electron chi connectivity index (χ1n) is 7.39. The molecule has 3 aromatic rings. The number of anilines is 3. The van der Waals surface area contributed by atoms with E-state index in [1.54, 1.807) is 6.07 Å². The molecule has 0 aliphatic carbocycles. The van der Waals surface area contributed by atoms with Gasteiger partial charge in [0.25, 0.3) is 0 Å². The Bertz CT molecular complexity index is 774. The third-order valence-electron chi connectivity index (χ3n) is 4.20. The molecular formula is C19H20N4. The molecule has 8 N–H and O–H groups in total. The Kier molecular flexibility index (Phi) is 3.68. The van der Waals surface area contributed by atoms with Crippen LogP contribution in [0.3, 0.4) is 0 Å². The first-order valence-corrected chi connectivity index (χ1v) is 7.39. The minimum absolute atomic E-state index is 0.365. The van der Waals surface area contributed by atoms with Crippen LogP contribution < -0.4 is 22.9 Å². The van der Waals surface area contributed by atoms with E-state index in [0.717, 1.165) is 16.7 Å². The summed E-state index contributed by atoms with van der Waals surface area (Å²) in [4.78, 5) is 0. The Morgan fingerprint density at radius 2 is 1.04 bits per heavy atom. The van der Waals surface area contributed by atoms with Gasteiger partial charge < -0.3 is 22.9 Å². The second-order valence-electron chi connectivity index (χ2n) is 5.57. The summed E-state index contributed by atoms with van der Waals surface area (Å²) in [6.07, 6.45) is 0. The molecule has 116 valence electrons. The molecule has 0 saturated heterocycles. The van der Waals surface area contributed by atoms with Gasteiger partial charge in [-0.2, -0.15) is 0 Å². The zero-order chi connectivity index (χ0) is 16.4. The molecule has 3 aromatic carbocycles. The molecule has 0 atom stereocenters. The normalized spacial score (nSPS) is 11.3. The van der Waals surface area contributed by atoms with Crippen molar-refractivity contribution in [2.75, 3.05) is 17.2 Å². The van der Waals surface area contributed by atoms with E-state index in [0.29, 0.717) is 17.1 Å². The van der Waals surface area contributed by atoms with Crippen LogP contribution in [0.15, 0.2) is 72.8 Å². The van der Waals surface area contributed by atoms with E-state index in [4.69, 9.17) is 22.9 Å². The van der Waals surface area contributed by atoms with Gasteiger partial charge in [0.1, 0.15) is 0 Å². The maximum absolute atomic E-state index is 6.91. The second-order valence-corrected chi connectivity index (χ2v) is 5.57. The zero-order valence-electron chi connectivity index (χ0n) is 12.7. The van der Waals surface area contributed by atoms with E-state index in [1.807, 2.05) is 66.7 Å². The van der Waals surface area contributed by atoms with Crippen molar-refractivity contribution in [1.82, 2.24) is 0 Å². The van der Waals surface area contributed by atoms with Gasteiger partial charge in [-0.05, 0) is 17.2 Å². The number of hydrogen-bond donors (Lipinski definition) is 4. The van der Waals surface area contributed by atoms with Crippen LogP contribution in [0.1, 0.15) is 16.7 Å². The number of nitrogens with two attached hydrogens (primary N) is 4. The molecule has 0 saturated carbocycles. The van der Waals surface area contributed by atoms with Crippen molar-refractivity contribution < 1.29 is 0 Å². The Hall–Kier alpha value is -2.98. The fourth-order valence-corrected chi connectivity index (χ4v) is 2.88. The van der Waals surface area contributed by atoms with Gasteiger partial charge in [-0.25, -0.2) is 0 Å². The van der Waals surface area contributed by atoms with Gasteiger partial charge in [-0.15, -0.1) is 0 Å². The average molecular weight is 304 g/mol. The molecule has 0 heterocycles. The molecule has 3 rings (SSSR count). The number of rotatable bonds is 3. The van der Waals surface area contributed by atoms with Crippen molar-refractivity contribution >= 4 is 17.1 Å². The molecule has 23 heavy (non-hydrogen) atoms. The maximum atomic E-state index is 6.91. The second kappa shape index (κ2) is 5.66. The topological polar surface area (TPSA) is 104 Å². The fourth-order valence-electron chi connectivity index (χ4n) is 2.88. The van der Waals surface area contributed by atoms with E-state index >= 15 is 0 Å². The van der Waals surface area contributed by atoms with E-state index in [1.165, 1.54) is 0 Å². The van der Waals surface area contributed by atoms with E-state index < -0.39 is 5.54 Å². The van der Waals surface area contributed by atoms with Crippen LogP contribution in [-0.2, 0) is 5.54 Å². The number of nitrogen functional groups attached to an aromatic ring is 3. The minimum Gasteiger partial charge on any atom is -0.397 e. The summed E-state index contributed by atoms with van der Waals surface area (Å²) < 4.78 is 0.